The van der Waals surface area contributed by atoms with E-state index >= 15 is 0 Å². The van der Waals surface area contributed by atoms with Crippen LogP contribution in [0.15, 0.2) is 54.6 Å². The summed E-state index contributed by atoms with van der Waals surface area (Å²) in [5, 5.41) is 45.7. The predicted molar refractivity (Wildman–Crippen MR) is 162 cm³/mol. The van der Waals surface area contributed by atoms with Crippen LogP contribution in [0, 0.1) is 0 Å². The minimum atomic E-state index is -2.26. The van der Waals surface area contributed by atoms with Gasteiger partial charge in [-0.05, 0) is 35.4 Å². The fraction of sp³-hybridized carbons (Fsp3) is 0.467. The Morgan fingerprint density at radius 2 is 1.75 bits per heavy atom. The molecule has 0 saturated carbocycles. The molecule has 1 aliphatic rings. The largest absolute Gasteiger partial charge is 0.480 e. The number of carboxylic acids is 2. The van der Waals surface area contributed by atoms with E-state index in [0.29, 0.717) is 17.7 Å². The number of aliphatic hydroxyl groups is 2. The lowest BCUT2D eigenvalue weighted by molar-refractivity contribution is -0.297. The van der Waals surface area contributed by atoms with Crippen molar-refractivity contribution in [2.75, 3.05) is 24.7 Å². The Bertz CT molecular complexity index is 1270. The van der Waals surface area contributed by atoms with Crippen molar-refractivity contribution in [1.82, 2.24) is 10.6 Å². The molecule has 8 N–H and O–H groups in total. The fourth-order valence-electron chi connectivity index (χ4n) is 4.72. The van der Waals surface area contributed by atoms with E-state index in [1.54, 1.807) is 12.1 Å². The van der Waals surface area contributed by atoms with Gasteiger partial charge in [0.05, 0.1) is 31.0 Å². The van der Waals surface area contributed by atoms with Crippen LogP contribution in [0.4, 0.5) is 0 Å². The van der Waals surface area contributed by atoms with Crippen LogP contribution in [0.3, 0.4) is 0 Å². The third kappa shape index (κ3) is 10.0. The van der Waals surface area contributed by atoms with Gasteiger partial charge < -0.3 is 46.3 Å². The van der Waals surface area contributed by atoms with Crippen LogP contribution in [-0.4, -0.2) is 105 Å². The highest BCUT2D eigenvalue weighted by atomic mass is 32.2. The van der Waals surface area contributed by atoms with Crippen LogP contribution in [-0.2, 0) is 23.9 Å². The zero-order valence-corrected chi connectivity index (χ0v) is 25.1. The first kappa shape index (κ1) is 35.0. The van der Waals surface area contributed by atoms with E-state index in [2.05, 4.69) is 10.6 Å². The van der Waals surface area contributed by atoms with Gasteiger partial charge >= 0.3 is 11.9 Å². The van der Waals surface area contributed by atoms with Crippen molar-refractivity contribution < 1.29 is 49.1 Å². The monoisotopic (exact) mass is 633 g/mol. The summed E-state index contributed by atoms with van der Waals surface area (Å²) in [5.41, 5.74) is 7.78. The molecule has 2 amide bonds. The number of benzene rings is 2. The Labute approximate surface area is 259 Å². The van der Waals surface area contributed by atoms with Crippen LogP contribution in [0.5, 0.6) is 0 Å². The first-order valence-electron chi connectivity index (χ1n) is 14.1. The number of ether oxygens (including phenoxy) is 2. The maximum atomic E-state index is 12.7. The van der Waals surface area contributed by atoms with E-state index in [9.17, 15) is 34.5 Å². The highest BCUT2D eigenvalue weighted by Gasteiger charge is 2.53. The number of hydrogen-bond acceptors (Lipinski definition) is 10. The van der Waals surface area contributed by atoms with Crippen LogP contribution in [0.1, 0.15) is 36.5 Å². The predicted octanol–water partition coefficient (Wildman–Crippen LogP) is 0.822. The van der Waals surface area contributed by atoms with Gasteiger partial charge in [-0.2, -0.15) is 11.8 Å². The number of nitrogens with one attached hydrogen (secondary N) is 2. The normalized spacial score (nSPS) is 22.9. The molecular formula is C30H39N3O10S. The molecule has 13 nitrogen and oxygen atoms in total. The van der Waals surface area contributed by atoms with Crippen LogP contribution < -0.4 is 16.4 Å². The zero-order chi connectivity index (χ0) is 32.3. The van der Waals surface area contributed by atoms with E-state index in [0.717, 1.165) is 11.1 Å². The van der Waals surface area contributed by atoms with Gasteiger partial charge in [0.2, 0.25) is 5.91 Å². The Hall–Kier alpha value is -3.53. The van der Waals surface area contributed by atoms with Gasteiger partial charge in [-0.3, -0.25) is 14.4 Å². The number of amides is 2. The third-order valence-electron chi connectivity index (χ3n) is 6.97. The molecule has 44 heavy (non-hydrogen) atoms. The zero-order valence-electron chi connectivity index (χ0n) is 24.3. The summed E-state index contributed by atoms with van der Waals surface area (Å²) < 4.78 is 11.5. The summed E-state index contributed by atoms with van der Waals surface area (Å²) in [7, 11) is 0. The van der Waals surface area contributed by atoms with E-state index in [4.69, 9.17) is 20.3 Å². The number of carbonyl (C=O) groups is 4. The smallest absolute Gasteiger partial charge is 0.364 e. The first-order valence-corrected chi connectivity index (χ1v) is 15.3. The summed E-state index contributed by atoms with van der Waals surface area (Å²) in [6.45, 7) is 0.930. The molecule has 0 bridgehead atoms. The highest BCUT2D eigenvalue weighted by molar-refractivity contribution is 7.99. The van der Waals surface area contributed by atoms with Crippen LogP contribution in [0.25, 0.3) is 11.1 Å². The summed E-state index contributed by atoms with van der Waals surface area (Å²) in [4.78, 5) is 47.7. The topological polar surface area (TPSA) is 218 Å². The SMILES string of the molecule is CC(=O)N[C@H]1[C@H](C[C@H](O)CNC(=O)c2ccc(-c3ccccc3)cc2)O[C@@](OCCCSCC(N)C(=O)O)(C(=O)O)C[C@@H]1O. The van der Waals surface area contributed by atoms with E-state index in [1.807, 2.05) is 42.5 Å². The van der Waals surface area contributed by atoms with Gasteiger partial charge in [0.25, 0.3) is 11.7 Å². The molecule has 1 heterocycles. The molecule has 240 valence electrons. The molecule has 2 aromatic carbocycles. The van der Waals surface area contributed by atoms with E-state index in [1.165, 1.54) is 18.7 Å². The van der Waals surface area contributed by atoms with Crippen molar-refractivity contribution in [2.45, 2.75) is 62.4 Å². The minimum absolute atomic E-state index is 0.0898. The number of nitrogens with two attached hydrogens (primary N) is 1. The van der Waals surface area contributed by atoms with E-state index < -0.39 is 66.4 Å². The summed E-state index contributed by atoms with van der Waals surface area (Å²) in [6, 6.07) is 14.5. The van der Waals surface area contributed by atoms with Gasteiger partial charge in [0.15, 0.2) is 0 Å². The summed E-state index contributed by atoms with van der Waals surface area (Å²) in [6.07, 6.45) is -4.19. The molecule has 0 aromatic heterocycles. The number of carboxylic acid groups (broad SMARTS) is 2. The molecule has 1 saturated heterocycles. The number of thioether (sulfide) groups is 1. The fourth-order valence-corrected chi connectivity index (χ4v) is 5.60. The molecule has 0 aliphatic carbocycles. The maximum absolute atomic E-state index is 12.7. The number of aliphatic carboxylic acids is 2. The molecule has 0 spiro atoms. The average Bonchev–Trinajstić information content (AvgIpc) is 2.99. The van der Waals surface area contributed by atoms with E-state index in [-0.39, 0.29) is 25.3 Å². The van der Waals surface area contributed by atoms with Crippen LogP contribution >= 0.6 is 11.8 Å². The average molecular weight is 634 g/mol. The maximum Gasteiger partial charge on any atom is 0.364 e. The van der Waals surface area contributed by atoms with Crippen molar-refractivity contribution in [1.29, 1.82) is 0 Å². The highest BCUT2D eigenvalue weighted by Crippen LogP contribution is 2.33. The second kappa shape index (κ2) is 16.5. The number of rotatable bonds is 16. The number of aliphatic hydroxyl groups excluding tert-OH is 2. The van der Waals surface area contributed by atoms with Crippen molar-refractivity contribution in [3.8, 4) is 11.1 Å². The van der Waals surface area contributed by atoms with Crippen molar-refractivity contribution in [3.05, 3.63) is 60.2 Å². The lowest BCUT2D eigenvalue weighted by Gasteiger charge is -2.45. The Morgan fingerprint density at radius 3 is 2.36 bits per heavy atom. The summed E-state index contributed by atoms with van der Waals surface area (Å²) >= 11 is 1.27. The quantitative estimate of drug-likeness (QED) is 0.128. The van der Waals surface area contributed by atoms with Gasteiger partial charge in [0.1, 0.15) is 6.04 Å². The number of hydrogen-bond donors (Lipinski definition) is 7. The molecule has 3 rings (SSSR count). The van der Waals surface area contributed by atoms with Gasteiger partial charge in [-0.25, -0.2) is 4.79 Å². The first-order chi connectivity index (χ1) is 20.9. The van der Waals surface area contributed by atoms with Gasteiger partial charge in [-0.15, -0.1) is 0 Å². The molecule has 14 heteroatoms. The van der Waals surface area contributed by atoms with Crippen LogP contribution in [0.2, 0.25) is 0 Å². The number of carbonyl (C=O) groups excluding carboxylic acids is 2. The molecule has 1 aliphatic heterocycles. The van der Waals surface area contributed by atoms with Gasteiger partial charge in [-0.1, -0.05) is 42.5 Å². The molecule has 2 aromatic rings. The molecule has 6 atom stereocenters. The van der Waals surface area contributed by atoms with Crippen molar-refractivity contribution >= 4 is 35.5 Å². The standard InChI is InChI=1S/C30H39N3O10S/c1-18(34)33-26-24(36)15-30(29(40)41,42-12-5-13-44-17-23(31)28(38)39)43-25(26)14-22(35)16-32-27(37)21-10-8-20(9-11-21)19-6-3-2-4-7-19/h2-4,6-11,22-26,35-36H,5,12-17,31H2,1H3,(H,32,37)(H,33,34)(H,38,39)(H,40,41)/t22-,23?,24-,25-,26+,30+/m0/s1. The second-order valence-corrected chi connectivity index (χ2v) is 11.6. The third-order valence-corrected chi connectivity index (χ3v) is 8.14. The lowest BCUT2D eigenvalue weighted by Crippen LogP contribution is -2.64. The molecule has 1 unspecified atom stereocenters. The lowest BCUT2D eigenvalue weighted by atomic mass is 9.90. The Balaban J connectivity index is 1.60. The van der Waals surface area contributed by atoms with Crippen molar-refractivity contribution in [3.63, 3.8) is 0 Å². The minimum Gasteiger partial charge on any atom is -0.480 e. The summed E-state index contributed by atoms with van der Waals surface area (Å²) in [5.74, 6) is -5.20. The molecular weight excluding hydrogens is 594 g/mol. The van der Waals surface area contributed by atoms with Gasteiger partial charge in [0, 0.05) is 37.6 Å². The Morgan fingerprint density at radius 1 is 1.09 bits per heavy atom. The van der Waals surface area contributed by atoms with Crippen molar-refractivity contribution in [2.24, 2.45) is 5.73 Å². The molecule has 0 radical (unpaired) electrons. The molecule has 1 fully saturated rings. The Kier molecular flexibility index (Phi) is 13.1. The second-order valence-electron chi connectivity index (χ2n) is 10.5.